The number of thioether (sulfide) groups is 1. The molecule has 152 valence electrons. The fourth-order valence-electron chi connectivity index (χ4n) is 3.25. The third kappa shape index (κ3) is 5.51. The van der Waals surface area contributed by atoms with Gasteiger partial charge >= 0.3 is 0 Å². The van der Waals surface area contributed by atoms with Crippen LogP contribution in [-0.2, 0) is 11.3 Å². The van der Waals surface area contributed by atoms with Gasteiger partial charge in [-0.1, -0.05) is 86.3 Å². The fourth-order valence-corrected chi connectivity index (χ4v) is 4.21. The number of hydrogen-bond donors (Lipinski definition) is 1. The van der Waals surface area contributed by atoms with E-state index in [0.717, 1.165) is 41.6 Å². The van der Waals surface area contributed by atoms with Gasteiger partial charge in [0.25, 0.3) is 0 Å². The van der Waals surface area contributed by atoms with E-state index in [0.29, 0.717) is 13.0 Å². The van der Waals surface area contributed by atoms with E-state index in [-0.39, 0.29) is 5.91 Å². The molecular weight excluding hydrogens is 378 g/mol. The van der Waals surface area contributed by atoms with Crippen molar-refractivity contribution in [3.05, 3.63) is 60.7 Å². The SMILES string of the molecule is CCCn1c(SCCCNC(=O)CC)nc(-c2ccccc2)c1-c1ccccc1. The molecule has 0 aliphatic rings. The van der Waals surface area contributed by atoms with Gasteiger partial charge in [-0.2, -0.15) is 0 Å². The number of amides is 1. The molecular formula is C24H29N3OS. The zero-order valence-electron chi connectivity index (χ0n) is 17.2. The predicted octanol–water partition coefficient (Wildman–Crippen LogP) is 5.64. The van der Waals surface area contributed by atoms with E-state index in [1.807, 2.05) is 19.1 Å². The molecule has 0 fully saturated rings. The Morgan fingerprint density at radius 1 is 1.00 bits per heavy atom. The third-order valence-corrected chi connectivity index (χ3v) is 5.73. The van der Waals surface area contributed by atoms with Crippen molar-refractivity contribution >= 4 is 17.7 Å². The maximum atomic E-state index is 11.4. The Kier molecular flexibility index (Phi) is 7.94. The van der Waals surface area contributed by atoms with Gasteiger partial charge in [0.2, 0.25) is 5.91 Å². The van der Waals surface area contributed by atoms with Crippen LogP contribution in [0, 0.1) is 0 Å². The second-order valence-corrected chi connectivity index (χ2v) is 7.94. The second kappa shape index (κ2) is 10.9. The van der Waals surface area contributed by atoms with Gasteiger partial charge in [0.1, 0.15) is 0 Å². The van der Waals surface area contributed by atoms with E-state index >= 15 is 0 Å². The van der Waals surface area contributed by atoms with E-state index in [2.05, 4.69) is 65.3 Å². The van der Waals surface area contributed by atoms with Crippen molar-refractivity contribution < 1.29 is 4.79 Å². The summed E-state index contributed by atoms with van der Waals surface area (Å²) in [4.78, 5) is 16.5. The molecule has 1 heterocycles. The first kappa shape index (κ1) is 21.2. The van der Waals surface area contributed by atoms with Crippen LogP contribution in [0.25, 0.3) is 22.5 Å². The molecule has 4 nitrogen and oxygen atoms in total. The maximum absolute atomic E-state index is 11.4. The van der Waals surface area contributed by atoms with Crippen molar-refractivity contribution in [1.29, 1.82) is 0 Å². The highest BCUT2D eigenvalue weighted by Gasteiger charge is 2.19. The van der Waals surface area contributed by atoms with E-state index in [1.165, 1.54) is 11.3 Å². The lowest BCUT2D eigenvalue weighted by Crippen LogP contribution is -2.23. The lowest BCUT2D eigenvalue weighted by molar-refractivity contribution is -0.120. The van der Waals surface area contributed by atoms with Crippen LogP contribution in [0.2, 0.25) is 0 Å². The van der Waals surface area contributed by atoms with Gasteiger partial charge in [-0.3, -0.25) is 4.79 Å². The normalized spacial score (nSPS) is 10.8. The van der Waals surface area contributed by atoms with Crippen molar-refractivity contribution in [1.82, 2.24) is 14.9 Å². The van der Waals surface area contributed by atoms with Crippen molar-refractivity contribution in [2.24, 2.45) is 0 Å². The van der Waals surface area contributed by atoms with Gasteiger partial charge < -0.3 is 9.88 Å². The molecule has 0 atom stereocenters. The van der Waals surface area contributed by atoms with Crippen LogP contribution in [0.15, 0.2) is 65.8 Å². The van der Waals surface area contributed by atoms with Gasteiger partial charge in [-0.05, 0) is 12.8 Å². The molecule has 3 aromatic rings. The molecule has 0 aliphatic heterocycles. The summed E-state index contributed by atoms with van der Waals surface area (Å²) in [7, 11) is 0. The number of aromatic nitrogens is 2. The Hall–Kier alpha value is -2.53. The minimum Gasteiger partial charge on any atom is -0.356 e. The van der Waals surface area contributed by atoms with E-state index in [1.54, 1.807) is 11.8 Å². The molecule has 5 heteroatoms. The van der Waals surface area contributed by atoms with Gasteiger partial charge in [0, 0.05) is 36.4 Å². The molecule has 0 radical (unpaired) electrons. The van der Waals surface area contributed by atoms with Gasteiger partial charge in [-0.25, -0.2) is 4.98 Å². The molecule has 0 saturated carbocycles. The highest BCUT2D eigenvalue weighted by molar-refractivity contribution is 7.99. The van der Waals surface area contributed by atoms with E-state index < -0.39 is 0 Å². The minimum absolute atomic E-state index is 0.111. The van der Waals surface area contributed by atoms with Crippen LogP contribution in [0.3, 0.4) is 0 Å². The molecule has 0 unspecified atom stereocenters. The largest absolute Gasteiger partial charge is 0.356 e. The van der Waals surface area contributed by atoms with Crippen molar-refractivity contribution in [2.45, 2.75) is 44.8 Å². The lowest BCUT2D eigenvalue weighted by Gasteiger charge is -2.12. The first-order valence-corrected chi connectivity index (χ1v) is 11.3. The average Bonchev–Trinajstić information content (AvgIpc) is 3.13. The van der Waals surface area contributed by atoms with Crippen molar-refractivity contribution in [2.75, 3.05) is 12.3 Å². The lowest BCUT2D eigenvalue weighted by atomic mass is 10.0. The minimum atomic E-state index is 0.111. The summed E-state index contributed by atoms with van der Waals surface area (Å²) in [5.41, 5.74) is 4.54. The number of nitrogens with zero attached hydrogens (tertiary/aromatic N) is 2. The second-order valence-electron chi connectivity index (χ2n) is 6.88. The van der Waals surface area contributed by atoms with Gasteiger partial charge in [0.15, 0.2) is 5.16 Å². The summed E-state index contributed by atoms with van der Waals surface area (Å²) < 4.78 is 2.35. The summed E-state index contributed by atoms with van der Waals surface area (Å²) in [6.07, 6.45) is 2.51. The highest BCUT2D eigenvalue weighted by atomic mass is 32.2. The fraction of sp³-hybridized carbons (Fsp3) is 0.333. The zero-order valence-corrected chi connectivity index (χ0v) is 18.0. The Morgan fingerprint density at radius 3 is 2.28 bits per heavy atom. The molecule has 2 aromatic carbocycles. The summed E-state index contributed by atoms with van der Waals surface area (Å²) in [6.45, 7) is 5.72. The van der Waals surface area contributed by atoms with Gasteiger partial charge in [0.05, 0.1) is 11.4 Å². The molecule has 29 heavy (non-hydrogen) atoms. The Morgan fingerprint density at radius 2 is 1.66 bits per heavy atom. The monoisotopic (exact) mass is 407 g/mol. The first-order chi connectivity index (χ1) is 14.2. The number of carbonyl (C=O) groups excluding carboxylic acids is 1. The molecule has 1 aromatic heterocycles. The number of carbonyl (C=O) groups is 1. The van der Waals surface area contributed by atoms with Crippen LogP contribution in [0.4, 0.5) is 0 Å². The van der Waals surface area contributed by atoms with Crippen LogP contribution >= 0.6 is 11.8 Å². The Bertz CT molecular complexity index is 907. The number of hydrogen-bond acceptors (Lipinski definition) is 3. The molecule has 0 saturated heterocycles. The average molecular weight is 408 g/mol. The highest BCUT2D eigenvalue weighted by Crippen LogP contribution is 2.36. The summed E-state index contributed by atoms with van der Waals surface area (Å²) >= 11 is 1.77. The smallest absolute Gasteiger partial charge is 0.219 e. The summed E-state index contributed by atoms with van der Waals surface area (Å²) in [5.74, 6) is 1.04. The topological polar surface area (TPSA) is 46.9 Å². The predicted molar refractivity (Wildman–Crippen MR) is 122 cm³/mol. The van der Waals surface area contributed by atoms with Crippen molar-refractivity contribution in [3.63, 3.8) is 0 Å². The van der Waals surface area contributed by atoms with E-state index in [4.69, 9.17) is 4.98 Å². The van der Waals surface area contributed by atoms with Crippen LogP contribution < -0.4 is 5.32 Å². The van der Waals surface area contributed by atoms with E-state index in [9.17, 15) is 4.79 Å². The number of imidazole rings is 1. The number of nitrogens with one attached hydrogen (secondary N) is 1. The third-order valence-electron chi connectivity index (χ3n) is 4.67. The number of rotatable bonds is 10. The summed E-state index contributed by atoms with van der Waals surface area (Å²) in [6, 6.07) is 20.9. The standard InChI is InChI=1S/C24H29N3OS/c1-3-17-27-23(20-14-9-6-10-15-20)22(19-12-7-5-8-13-19)26-24(27)29-18-11-16-25-21(28)4-2/h5-10,12-15H,3-4,11,16-18H2,1-2H3,(H,25,28). The maximum Gasteiger partial charge on any atom is 0.219 e. The summed E-state index contributed by atoms with van der Waals surface area (Å²) in [5, 5.41) is 3.99. The van der Waals surface area contributed by atoms with Crippen LogP contribution in [0.5, 0.6) is 0 Å². The first-order valence-electron chi connectivity index (χ1n) is 10.4. The Labute approximate surface area is 177 Å². The molecule has 1 N–H and O–H groups in total. The molecule has 0 bridgehead atoms. The van der Waals surface area contributed by atoms with Crippen molar-refractivity contribution in [3.8, 4) is 22.5 Å². The number of benzene rings is 2. The molecule has 3 rings (SSSR count). The van der Waals surface area contributed by atoms with Gasteiger partial charge in [-0.15, -0.1) is 0 Å². The Balaban J connectivity index is 1.90. The van der Waals surface area contributed by atoms with Crippen LogP contribution in [-0.4, -0.2) is 27.8 Å². The van der Waals surface area contributed by atoms with Crippen LogP contribution in [0.1, 0.15) is 33.1 Å². The molecule has 1 amide bonds. The zero-order chi connectivity index (χ0) is 20.5. The quantitative estimate of drug-likeness (QED) is 0.350. The molecule has 0 aliphatic carbocycles. The molecule has 0 spiro atoms.